The van der Waals surface area contributed by atoms with Gasteiger partial charge in [-0.1, -0.05) is 0 Å². The van der Waals surface area contributed by atoms with Gasteiger partial charge in [0.1, 0.15) is 23.4 Å². The molecule has 3 amide bonds. The molecule has 0 radical (unpaired) electrons. The Morgan fingerprint density at radius 1 is 1.13 bits per heavy atom. The summed E-state index contributed by atoms with van der Waals surface area (Å²) < 4.78 is 19.9. The Kier molecular flexibility index (Phi) is 6.61. The van der Waals surface area contributed by atoms with Gasteiger partial charge in [-0.25, -0.2) is 9.18 Å². The molecule has 0 saturated carbocycles. The van der Waals surface area contributed by atoms with E-state index in [-0.39, 0.29) is 29.2 Å². The van der Waals surface area contributed by atoms with Crippen LogP contribution < -0.4 is 15.4 Å². The highest BCUT2D eigenvalue weighted by molar-refractivity contribution is 6.00. The zero-order chi connectivity index (χ0) is 21.7. The molecule has 2 N–H and O–H groups in total. The standard InChI is InChI=1S/C21H23FN4O4/c1-13(27)20-6-5-16(11-23-20)24-21(29)25-17-8-15(22)9-19(10-17)30-18-4-3-7-26(12-18)14(2)28/h5-6,8-11,18H,3-4,7,12H2,1-2H3,(H2,24,25,29). The monoisotopic (exact) mass is 414 g/mol. The number of likely N-dealkylation sites (tertiary alicyclic amines) is 1. The Morgan fingerprint density at radius 2 is 1.90 bits per heavy atom. The van der Waals surface area contributed by atoms with Crippen LogP contribution in [0.1, 0.15) is 37.2 Å². The zero-order valence-electron chi connectivity index (χ0n) is 16.8. The molecular formula is C21H23FN4O4. The van der Waals surface area contributed by atoms with E-state index in [1.807, 2.05) is 0 Å². The van der Waals surface area contributed by atoms with E-state index >= 15 is 0 Å². The summed E-state index contributed by atoms with van der Waals surface area (Å²) in [4.78, 5) is 40.7. The van der Waals surface area contributed by atoms with Gasteiger partial charge in [-0.2, -0.15) is 0 Å². The highest BCUT2D eigenvalue weighted by Gasteiger charge is 2.23. The highest BCUT2D eigenvalue weighted by Crippen LogP contribution is 2.24. The number of hydrogen-bond donors (Lipinski definition) is 2. The molecule has 3 rings (SSSR count). The maximum Gasteiger partial charge on any atom is 0.323 e. The summed E-state index contributed by atoms with van der Waals surface area (Å²) >= 11 is 0. The summed E-state index contributed by atoms with van der Waals surface area (Å²) in [6.07, 6.45) is 2.69. The number of anilines is 2. The van der Waals surface area contributed by atoms with Gasteiger partial charge in [0.25, 0.3) is 0 Å². The summed E-state index contributed by atoms with van der Waals surface area (Å²) in [7, 11) is 0. The van der Waals surface area contributed by atoms with E-state index in [1.165, 1.54) is 44.3 Å². The fraction of sp³-hybridized carbons (Fsp3) is 0.333. The van der Waals surface area contributed by atoms with Crippen LogP contribution in [0.2, 0.25) is 0 Å². The van der Waals surface area contributed by atoms with Crippen LogP contribution in [0.25, 0.3) is 0 Å². The Labute approximate surface area is 173 Å². The molecule has 0 bridgehead atoms. The van der Waals surface area contributed by atoms with Gasteiger partial charge in [-0.3, -0.25) is 14.6 Å². The molecule has 1 fully saturated rings. The predicted octanol–water partition coefficient (Wildman–Crippen LogP) is 3.46. The molecule has 2 aromatic rings. The molecule has 9 heteroatoms. The molecule has 0 aliphatic carbocycles. The molecule has 1 aliphatic rings. The maximum absolute atomic E-state index is 14.0. The number of aromatic nitrogens is 1. The van der Waals surface area contributed by atoms with Crippen LogP contribution in [0, 0.1) is 5.82 Å². The molecule has 30 heavy (non-hydrogen) atoms. The molecule has 8 nitrogen and oxygen atoms in total. The average molecular weight is 414 g/mol. The quantitative estimate of drug-likeness (QED) is 0.730. The van der Waals surface area contributed by atoms with Crippen LogP contribution in [0.3, 0.4) is 0 Å². The topological polar surface area (TPSA) is 101 Å². The number of benzene rings is 1. The van der Waals surface area contributed by atoms with Crippen molar-refractivity contribution in [2.24, 2.45) is 0 Å². The van der Waals surface area contributed by atoms with Gasteiger partial charge < -0.3 is 20.3 Å². The van der Waals surface area contributed by atoms with Crippen LogP contribution in [-0.4, -0.2) is 46.8 Å². The number of hydrogen-bond acceptors (Lipinski definition) is 5. The minimum Gasteiger partial charge on any atom is -0.488 e. The first-order chi connectivity index (χ1) is 14.3. The van der Waals surface area contributed by atoms with E-state index < -0.39 is 11.8 Å². The average Bonchev–Trinajstić information content (AvgIpc) is 2.68. The lowest BCUT2D eigenvalue weighted by Gasteiger charge is -2.32. The number of ether oxygens (including phenoxy) is 1. The smallest absolute Gasteiger partial charge is 0.323 e. The van der Waals surface area contributed by atoms with Gasteiger partial charge in [-0.15, -0.1) is 0 Å². The number of nitrogens with one attached hydrogen (secondary N) is 2. The van der Waals surface area contributed by atoms with E-state index in [1.54, 1.807) is 11.0 Å². The summed E-state index contributed by atoms with van der Waals surface area (Å²) in [6, 6.07) is 6.39. The van der Waals surface area contributed by atoms with Gasteiger partial charge in [-0.05, 0) is 31.0 Å². The van der Waals surface area contributed by atoms with Crippen molar-refractivity contribution in [1.82, 2.24) is 9.88 Å². The largest absolute Gasteiger partial charge is 0.488 e. The van der Waals surface area contributed by atoms with E-state index in [0.717, 1.165) is 12.8 Å². The number of halogens is 1. The molecule has 1 saturated heterocycles. The van der Waals surface area contributed by atoms with Gasteiger partial charge in [0.15, 0.2) is 5.78 Å². The Hall–Kier alpha value is -3.49. The number of Topliss-reactive ketones (excluding diaryl/α,β-unsaturated/α-hetero) is 1. The van der Waals surface area contributed by atoms with Crippen molar-refractivity contribution < 1.29 is 23.5 Å². The number of nitrogens with zero attached hydrogens (tertiary/aromatic N) is 2. The van der Waals surface area contributed by atoms with Gasteiger partial charge >= 0.3 is 6.03 Å². The summed E-state index contributed by atoms with van der Waals surface area (Å²) in [6.45, 7) is 4.04. The molecule has 2 heterocycles. The number of rotatable bonds is 5. The van der Waals surface area contributed by atoms with E-state index in [4.69, 9.17) is 4.74 Å². The van der Waals surface area contributed by atoms with Crippen molar-refractivity contribution in [3.05, 3.63) is 48.0 Å². The molecule has 1 aromatic heterocycles. The second-order valence-electron chi connectivity index (χ2n) is 7.09. The van der Waals surface area contributed by atoms with Crippen LogP contribution in [-0.2, 0) is 4.79 Å². The highest BCUT2D eigenvalue weighted by atomic mass is 19.1. The van der Waals surface area contributed by atoms with Crippen LogP contribution in [0.5, 0.6) is 5.75 Å². The molecular weight excluding hydrogens is 391 g/mol. The lowest BCUT2D eigenvalue weighted by molar-refractivity contribution is -0.131. The number of piperidine rings is 1. The number of carbonyl (C=O) groups is 3. The molecule has 1 aromatic carbocycles. The number of urea groups is 1. The second-order valence-corrected chi connectivity index (χ2v) is 7.09. The maximum atomic E-state index is 14.0. The minimum atomic E-state index is -0.593. The third kappa shape index (κ3) is 5.76. The van der Waals surface area contributed by atoms with Crippen molar-refractivity contribution in [1.29, 1.82) is 0 Å². The zero-order valence-corrected chi connectivity index (χ0v) is 16.8. The number of amides is 3. The van der Waals surface area contributed by atoms with Crippen molar-refractivity contribution >= 4 is 29.1 Å². The molecule has 158 valence electrons. The summed E-state index contributed by atoms with van der Waals surface area (Å²) in [5.74, 6) is -0.488. The van der Waals surface area contributed by atoms with E-state index in [0.29, 0.717) is 24.5 Å². The van der Waals surface area contributed by atoms with Crippen molar-refractivity contribution in [2.45, 2.75) is 32.8 Å². The molecule has 1 unspecified atom stereocenters. The Morgan fingerprint density at radius 3 is 2.57 bits per heavy atom. The fourth-order valence-electron chi connectivity index (χ4n) is 3.19. The van der Waals surface area contributed by atoms with Crippen molar-refractivity contribution in [2.75, 3.05) is 23.7 Å². The van der Waals surface area contributed by atoms with Crippen molar-refractivity contribution in [3.63, 3.8) is 0 Å². The third-order valence-corrected chi connectivity index (χ3v) is 4.64. The first kappa shape index (κ1) is 21.2. The predicted molar refractivity (Wildman–Crippen MR) is 109 cm³/mol. The first-order valence-corrected chi connectivity index (χ1v) is 9.58. The number of carbonyl (C=O) groups excluding carboxylic acids is 3. The van der Waals surface area contributed by atoms with Crippen molar-refractivity contribution in [3.8, 4) is 5.75 Å². The van der Waals surface area contributed by atoms with Crippen LogP contribution in [0.4, 0.5) is 20.6 Å². The third-order valence-electron chi connectivity index (χ3n) is 4.64. The normalized spacial score (nSPS) is 16.0. The van der Waals surface area contributed by atoms with E-state index in [2.05, 4.69) is 15.6 Å². The minimum absolute atomic E-state index is 0.0209. The van der Waals surface area contributed by atoms with E-state index in [9.17, 15) is 18.8 Å². The Bertz CT molecular complexity index is 949. The SMILES string of the molecule is CC(=O)c1ccc(NC(=O)Nc2cc(F)cc(OC3CCCN(C(C)=O)C3)c2)cn1. The molecule has 1 atom stereocenters. The van der Waals surface area contributed by atoms with Crippen LogP contribution >= 0.6 is 0 Å². The number of pyridine rings is 1. The summed E-state index contributed by atoms with van der Waals surface area (Å²) in [5.41, 5.74) is 0.894. The lowest BCUT2D eigenvalue weighted by Crippen LogP contribution is -2.43. The van der Waals surface area contributed by atoms with Gasteiger partial charge in [0.2, 0.25) is 5.91 Å². The number of ketones is 1. The fourth-order valence-corrected chi connectivity index (χ4v) is 3.19. The lowest BCUT2D eigenvalue weighted by atomic mass is 10.1. The van der Waals surface area contributed by atoms with Crippen LogP contribution in [0.15, 0.2) is 36.5 Å². The summed E-state index contributed by atoms with van der Waals surface area (Å²) in [5, 5.41) is 5.11. The van der Waals surface area contributed by atoms with Gasteiger partial charge in [0, 0.05) is 38.2 Å². The molecule has 0 spiro atoms. The molecule has 1 aliphatic heterocycles. The Balaban J connectivity index is 1.62. The second kappa shape index (κ2) is 9.34. The first-order valence-electron chi connectivity index (χ1n) is 9.58. The van der Waals surface area contributed by atoms with Gasteiger partial charge in [0.05, 0.1) is 18.4 Å².